The van der Waals surface area contributed by atoms with Gasteiger partial charge in [0.05, 0.1) is 12.5 Å². The average molecular weight is 269 g/mol. The molecule has 3 nitrogen and oxygen atoms in total. The highest BCUT2D eigenvalue weighted by Crippen LogP contribution is 2.65. The van der Waals surface area contributed by atoms with Crippen LogP contribution in [0.4, 0.5) is 0 Å². The lowest BCUT2D eigenvalue weighted by Gasteiger charge is -2.27. The topological polar surface area (TPSA) is 29.5 Å². The van der Waals surface area contributed by atoms with Crippen molar-refractivity contribution in [3.05, 3.63) is 0 Å². The maximum Gasteiger partial charge on any atom is 0.330 e. The summed E-state index contributed by atoms with van der Waals surface area (Å²) in [6.45, 7) is 4.95. The van der Waals surface area contributed by atoms with E-state index in [9.17, 15) is 4.57 Å². The zero-order valence-electron chi connectivity index (χ0n) is 9.64. The molecule has 15 heavy (non-hydrogen) atoms. The Bertz CT molecular complexity index is 234. The van der Waals surface area contributed by atoms with Crippen LogP contribution in [0, 0.1) is 0 Å². The van der Waals surface area contributed by atoms with Crippen molar-refractivity contribution >= 4 is 29.9 Å². The molecule has 1 aliphatic rings. The van der Waals surface area contributed by atoms with E-state index in [4.69, 9.17) is 4.52 Å². The molecule has 90 valence electrons. The molecule has 2 atom stereocenters. The lowest BCUT2D eigenvalue weighted by molar-refractivity contribution is 0.305. The van der Waals surface area contributed by atoms with Gasteiger partial charge in [-0.15, -0.1) is 11.8 Å². The highest BCUT2D eigenvalue weighted by atomic mass is 32.7. The van der Waals surface area contributed by atoms with E-state index in [0.29, 0.717) is 11.9 Å². The van der Waals surface area contributed by atoms with Crippen LogP contribution in [0.2, 0.25) is 0 Å². The minimum Gasteiger partial charge on any atom is -0.310 e. The van der Waals surface area contributed by atoms with Crippen LogP contribution in [0.1, 0.15) is 27.2 Å². The van der Waals surface area contributed by atoms with Crippen LogP contribution in [-0.2, 0) is 9.09 Å². The van der Waals surface area contributed by atoms with Crippen molar-refractivity contribution in [3.63, 3.8) is 0 Å². The number of thioether (sulfide) groups is 1. The monoisotopic (exact) mass is 269 g/mol. The molecule has 6 heteroatoms. The zero-order valence-corrected chi connectivity index (χ0v) is 12.2. The van der Waals surface area contributed by atoms with E-state index >= 15 is 0 Å². The van der Waals surface area contributed by atoms with Crippen molar-refractivity contribution in [3.8, 4) is 0 Å². The van der Waals surface area contributed by atoms with Gasteiger partial charge >= 0.3 is 6.72 Å². The van der Waals surface area contributed by atoms with Gasteiger partial charge in [0.1, 0.15) is 0 Å². The molecule has 0 radical (unpaired) electrons. The Morgan fingerprint density at radius 3 is 2.80 bits per heavy atom. The second-order valence-electron chi connectivity index (χ2n) is 3.48. The molecule has 1 heterocycles. The van der Waals surface area contributed by atoms with Gasteiger partial charge in [0.2, 0.25) is 0 Å². The molecule has 0 N–H and O–H groups in total. The van der Waals surface area contributed by atoms with E-state index in [1.54, 1.807) is 0 Å². The van der Waals surface area contributed by atoms with Crippen LogP contribution < -0.4 is 0 Å². The van der Waals surface area contributed by atoms with Crippen LogP contribution in [0.25, 0.3) is 0 Å². The standard InChI is InChI=1S/C9H20NO2PS2/c1-4-9(3)15-13(11,12-5-2)10-6-7-14-8-10/h9H,4-8H2,1-3H3. The molecule has 0 bridgehead atoms. The molecule has 0 aromatic heterocycles. The molecule has 1 aliphatic heterocycles. The first-order valence-electron chi connectivity index (χ1n) is 5.38. The highest BCUT2D eigenvalue weighted by molar-refractivity contribution is 8.56. The van der Waals surface area contributed by atoms with E-state index in [2.05, 4.69) is 13.8 Å². The molecular formula is C9H20NO2PS2. The summed E-state index contributed by atoms with van der Waals surface area (Å²) in [5, 5.41) is 0.396. The largest absolute Gasteiger partial charge is 0.330 e. The lowest BCUT2D eigenvalue weighted by Crippen LogP contribution is -2.17. The van der Waals surface area contributed by atoms with Gasteiger partial charge in [-0.25, -0.2) is 4.67 Å². The van der Waals surface area contributed by atoms with Gasteiger partial charge in [0, 0.05) is 17.5 Å². The summed E-state index contributed by atoms with van der Waals surface area (Å²) < 4.78 is 20.2. The van der Waals surface area contributed by atoms with E-state index in [-0.39, 0.29) is 0 Å². The molecule has 2 unspecified atom stereocenters. The van der Waals surface area contributed by atoms with Crippen molar-refractivity contribution in [1.82, 2.24) is 4.67 Å². The summed E-state index contributed by atoms with van der Waals surface area (Å²) in [5.41, 5.74) is 0. The summed E-state index contributed by atoms with van der Waals surface area (Å²) >= 11 is 3.34. The van der Waals surface area contributed by atoms with Crippen LogP contribution in [0.15, 0.2) is 0 Å². The van der Waals surface area contributed by atoms with Crippen LogP contribution in [-0.4, -0.2) is 34.7 Å². The quantitative estimate of drug-likeness (QED) is 0.686. The van der Waals surface area contributed by atoms with Crippen molar-refractivity contribution in [2.75, 3.05) is 24.8 Å². The average Bonchev–Trinajstić information content (AvgIpc) is 2.71. The van der Waals surface area contributed by atoms with Crippen molar-refractivity contribution in [2.24, 2.45) is 0 Å². The fourth-order valence-electron chi connectivity index (χ4n) is 1.24. The first-order chi connectivity index (χ1) is 7.12. The van der Waals surface area contributed by atoms with Gasteiger partial charge in [0.15, 0.2) is 0 Å². The fraction of sp³-hybridized carbons (Fsp3) is 1.00. The second-order valence-corrected chi connectivity index (χ2v) is 9.35. The Labute approximate surface area is 101 Å². The van der Waals surface area contributed by atoms with Crippen molar-refractivity contribution in [1.29, 1.82) is 0 Å². The number of nitrogens with zero attached hydrogens (tertiary/aromatic N) is 1. The maximum atomic E-state index is 12.6. The number of rotatable bonds is 6. The summed E-state index contributed by atoms with van der Waals surface area (Å²) in [5.74, 6) is 1.92. The van der Waals surface area contributed by atoms with Crippen LogP contribution >= 0.6 is 29.9 Å². The van der Waals surface area contributed by atoms with E-state index < -0.39 is 6.72 Å². The van der Waals surface area contributed by atoms with Gasteiger partial charge in [-0.3, -0.25) is 4.57 Å². The maximum absolute atomic E-state index is 12.6. The highest BCUT2D eigenvalue weighted by Gasteiger charge is 2.35. The predicted octanol–water partition coefficient (Wildman–Crippen LogP) is 3.67. The molecule has 0 spiro atoms. The Hall–Kier alpha value is 0.850. The third-order valence-corrected chi connectivity index (χ3v) is 8.88. The molecule has 0 saturated carbocycles. The lowest BCUT2D eigenvalue weighted by atomic mass is 10.4. The minimum atomic E-state index is -2.61. The first-order valence-corrected chi connectivity index (χ1v) is 9.60. The smallest absolute Gasteiger partial charge is 0.310 e. The summed E-state index contributed by atoms with van der Waals surface area (Å²) in [4.78, 5) is 0. The van der Waals surface area contributed by atoms with E-state index in [1.807, 2.05) is 23.4 Å². The Morgan fingerprint density at radius 2 is 2.33 bits per heavy atom. The van der Waals surface area contributed by atoms with E-state index in [0.717, 1.165) is 24.6 Å². The first kappa shape index (κ1) is 13.9. The second kappa shape index (κ2) is 6.55. The minimum absolute atomic E-state index is 0.396. The number of hydrogen-bond acceptors (Lipinski definition) is 4. The van der Waals surface area contributed by atoms with Crippen molar-refractivity contribution < 1.29 is 9.09 Å². The van der Waals surface area contributed by atoms with E-state index in [1.165, 1.54) is 11.4 Å². The molecule has 0 amide bonds. The van der Waals surface area contributed by atoms with Gasteiger partial charge in [0.25, 0.3) is 0 Å². The third kappa shape index (κ3) is 3.97. The third-order valence-electron chi connectivity index (χ3n) is 2.26. The van der Waals surface area contributed by atoms with Gasteiger partial charge in [-0.2, -0.15) is 0 Å². The van der Waals surface area contributed by atoms with Crippen LogP contribution in [0.3, 0.4) is 0 Å². The molecule has 1 rings (SSSR count). The molecule has 1 fully saturated rings. The molecule has 0 aliphatic carbocycles. The normalized spacial score (nSPS) is 23.9. The van der Waals surface area contributed by atoms with Gasteiger partial charge < -0.3 is 4.52 Å². The fourth-order valence-corrected chi connectivity index (χ4v) is 8.02. The van der Waals surface area contributed by atoms with Crippen LogP contribution in [0.5, 0.6) is 0 Å². The Balaban J connectivity index is 2.63. The summed E-state index contributed by atoms with van der Waals surface area (Å²) in [6.07, 6.45) is 1.03. The molecular weight excluding hydrogens is 249 g/mol. The molecule has 1 saturated heterocycles. The van der Waals surface area contributed by atoms with Crippen molar-refractivity contribution in [2.45, 2.75) is 32.4 Å². The Morgan fingerprint density at radius 1 is 1.60 bits per heavy atom. The number of hydrogen-bond donors (Lipinski definition) is 0. The van der Waals surface area contributed by atoms with Gasteiger partial charge in [-0.1, -0.05) is 25.2 Å². The predicted molar refractivity (Wildman–Crippen MR) is 70.6 cm³/mol. The molecule has 0 aromatic carbocycles. The Kier molecular flexibility index (Phi) is 6.08. The zero-order chi connectivity index (χ0) is 11.3. The summed E-state index contributed by atoms with van der Waals surface area (Å²) in [7, 11) is 0. The summed E-state index contributed by atoms with van der Waals surface area (Å²) in [6, 6.07) is 0. The van der Waals surface area contributed by atoms with Gasteiger partial charge in [-0.05, 0) is 13.3 Å². The SMILES string of the molecule is CCOP(=O)(SC(C)CC)N1CCSC1. The molecule has 0 aromatic rings.